The van der Waals surface area contributed by atoms with Crippen LogP contribution in [-0.2, 0) is 0 Å². The number of hydrogen-bond acceptors (Lipinski definition) is 3. The van der Waals surface area contributed by atoms with E-state index in [1.165, 1.54) is 52.8 Å². The van der Waals surface area contributed by atoms with E-state index in [-0.39, 0.29) is 0 Å². The molecule has 5 heteroatoms. The summed E-state index contributed by atoms with van der Waals surface area (Å²) in [4.78, 5) is 11.0. The maximum atomic E-state index is 5.57. The van der Waals surface area contributed by atoms with Crippen molar-refractivity contribution in [2.75, 3.05) is 0 Å². The van der Waals surface area contributed by atoms with Crippen molar-refractivity contribution in [1.82, 2.24) is 19.1 Å². The third-order valence-corrected chi connectivity index (χ3v) is 13.3. The van der Waals surface area contributed by atoms with Crippen molar-refractivity contribution >= 4 is 96.8 Å². The van der Waals surface area contributed by atoms with Crippen molar-refractivity contribution in [1.29, 1.82) is 0 Å². The van der Waals surface area contributed by atoms with Gasteiger partial charge in [-0.05, 0) is 70.4 Å². The first-order chi connectivity index (χ1) is 29.3. The Balaban J connectivity index is 1.17. The molecule has 4 heterocycles. The molecule has 13 rings (SSSR count). The Labute approximate surface area is 342 Å². The fraction of sp³-hybridized carbons (Fsp3) is 0. The maximum absolute atomic E-state index is 5.57. The SMILES string of the molecule is c1ccc(-n2c3ccccc3c3ccc4c5cc(-c6cccc7c6sc6ccccc67)ccc5n(-c5nc(-c6ccc7ccccc7c6)c6ccccc6n5)c4c32)cc1. The second kappa shape index (κ2) is 12.4. The summed E-state index contributed by atoms with van der Waals surface area (Å²) in [5.41, 5.74) is 10.8. The van der Waals surface area contributed by atoms with Gasteiger partial charge in [-0.15, -0.1) is 11.3 Å². The molecule has 0 radical (unpaired) electrons. The molecule has 0 fully saturated rings. The molecule has 0 saturated heterocycles. The van der Waals surface area contributed by atoms with Gasteiger partial charge in [0.1, 0.15) is 0 Å². The lowest BCUT2D eigenvalue weighted by Crippen LogP contribution is -2.05. The van der Waals surface area contributed by atoms with Crippen molar-refractivity contribution < 1.29 is 0 Å². The summed E-state index contributed by atoms with van der Waals surface area (Å²) >= 11 is 1.87. The van der Waals surface area contributed by atoms with Crippen molar-refractivity contribution in [3.8, 4) is 34.0 Å². The van der Waals surface area contributed by atoms with E-state index in [2.05, 4.69) is 203 Å². The summed E-state index contributed by atoms with van der Waals surface area (Å²) in [5.74, 6) is 0.642. The number of aromatic nitrogens is 4. The van der Waals surface area contributed by atoms with Gasteiger partial charge in [-0.25, -0.2) is 9.97 Å². The van der Waals surface area contributed by atoms with Crippen LogP contribution in [0.1, 0.15) is 0 Å². The molecule has 274 valence electrons. The van der Waals surface area contributed by atoms with Gasteiger partial charge in [0.05, 0.1) is 33.3 Å². The largest absolute Gasteiger partial charge is 0.307 e. The quantitative estimate of drug-likeness (QED) is 0.179. The lowest BCUT2D eigenvalue weighted by molar-refractivity contribution is 1.01. The van der Waals surface area contributed by atoms with Gasteiger partial charge in [0.2, 0.25) is 5.95 Å². The van der Waals surface area contributed by atoms with Gasteiger partial charge >= 0.3 is 0 Å². The molecule has 0 amide bonds. The highest BCUT2D eigenvalue weighted by atomic mass is 32.1. The zero-order chi connectivity index (χ0) is 38.6. The normalized spacial score (nSPS) is 12.1. The van der Waals surface area contributed by atoms with E-state index in [1.807, 2.05) is 11.3 Å². The Bertz CT molecular complexity index is 3850. The molecule has 0 bridgehead atoms. The van der Waals surface area contributed by atoms with Crippen LogP contribution in [0.4, 0.5) is 0 Å². The number of hydrogen-bond donors (Lipinski definition) is 0. The van der Waals surface area contributed by atoms with E-state index in [1.54, 1.807) is 0 Å². The van der Waals surface area contributed by atoms with Crippen LogP contribution in [-0.4, -0.2) is 19.1 Å². The van der Waals surface area contributed by atoms with Crippen LogP contribution in [0.5, 0.6) is 0 Å². The monoisotopic (exact) mass is 768 g/mol. The molecular weight excluding hydrogens is 737 g/mol. The van der Waals surface area contributed by atoms with E-state index < -0.39 is 0 Å². The minimum atomic E-state index is 0.642. The van der Waals surface area contributed by atoms with Gasteiger partial charge in [0.25, 0.3) is 0 Å². The highest BCUT2D eigenvalue weighted by Gasteiger charge is 2.24. The lowest BCUT2D eigenvalue weighted by Gasteiger charge is -2.14. The third-order valence-electron chi connectivity index (χ3n) is 12.1. The van der Waals surface area contributed by atoms with Crippen LogP contribution in [0, 0.1) is 0 Å². The van der Waals surface area contributed by atoms with Gasteiger partial charge in [0, 0.05) is 58.4 Å². The number of para-hydroxylation sites is 3. The zero-order valence-corrected chi connectivity index (χ0v) is 32.5. The Morgan fingerprint density at radius 3 is 1.97 bits per heavy atom. The summed E-state index contributed by atoms with van der Waals surface area (Å²) in [6.45, 7) is 0. The van der Waals surface area contributed by atoms with E-state index in [0.717, 1.165) is 60.7 Å². The first-order valence-corrected chi connectivity index (χ1v) is 20.8. The molecule has 0 spiro atoms. The minimum absolute atomic E-state index is 0.642. The molecule has 0 aliphatic rings. The van der Waals surface area contributed by atoms with Crippen molar-refractivity contribution in [2.24, 2.45) is 0 Å². The highest BCUT2D eigenvalue weighted by Crippen LogP contribution is 2.45. The van der Waals surface area contributed by atoms with Gasteiger partial charge in [-0.2, -0.15) is 0 Å². The number of thiophene rings is 1. The van der Waals surface area contributed by atoms with Crippen molar-refractivity contribution in [3.63, 3.8) is 0 Å². The van der Waals surface area contributed by atoms with Gasteiger partial charge < -0.3 is 4.57 Å². The summed E-state index contributed by atoms with van der Waals surface area (Å²) in [6.07, 6.45) is 0. The highest BCUT2D eigenvalue weighted by molar-refractivity contribution is 7.26. The Morgan fingerprint density at radius 1 is 0.390 bits per heavy atom. The number of benzene rings is 9. The van der Waals surface area contributed by atoms with Crippen molar-refractivity contribution in [3.05, 3.63) is 194 Å². The number of fused-ring (bicyclic) bond motifs is 12. The Morgan fingerprint density at radius 2 is 1.07 bits per heavy atom. The average molecular weight is 769 g/mol. The molecule has 59 heavy (non-hydrogen) atoms. The molecule has 0 saturated carbocycles. The summed E-state index contributed by atoms with van der Waals surface area (Å²) < 4.78 is 7.36. The fourth-order valence-corrected chi connectivity index (χ4v) is 10.7. The maximum Gasteiger partial charge on any atom is 0.235 e. The molecule has 13 aromatic rings. The predicted octanol–water partition coefficient (Wildman–Crippen LogP) is 14.7. The van der Waals surface area contributed by atoms with E-state index in [0.29, 0.717) is 5.95 Å². The second-order valence-electron chi connectivity index (χ2n) is 15.3. The fourth-order valence-electron chi connectivity index (χ4n) is 9.47. The van der Waals surface area contributed by atoms with Crippen LogP contribution in [0.15, 0.2) is 194 Å². The van der Waals surface area contributed by atoms with Crippen LogP contribution in [0.3, 0.4) is 0 Å². The molecule has 9 aromatic carbocycles. The van der Waals surface area contributed by atoms with Gasteiger partial charge in [-0.3, -0.25) is 4.57 Å². The molecule has 0 aliphatic carbocycles. The summed E-state index contributed by atoms with van der Waals surface area (Å²) in [7, 11) is 0. The van der Waals surface area contributed by atoms with E-state index in [9.17, 15) is 0 Å². The average Bonchev–Trinajstić information content (AvgIpc) is 3.96. The smallest absolute Gasteiger partial charge is 0.235 e. The van der Waals surface area contributed by atoms with Crippen LogP contribution < -0.4 is 0 Å². The molecule has 0 aliphatic heterocycles. The molecule has 4 nitrogen and oxygen atoms in total. The molecule has 4 aromatic heterocycles. The van der Waals surface area contributed by atoms with Crippen LogP contribution in [0.25, 0.3) is 119 Å². The lowest BCUT2D eigenvalue weighted by atomic mass is 10.0. The number of nitrogens with zero attached hydrogens (tertiary/aromatic N) is 4. The minimum Gasteiger partial charge on any atom is -0.307 e. The number of rotatable bonds is 4. The first kappa shape index (κ1) is 32.5. The van der Waals surface area contributed by atoms with Crippen LogP contribution >= 0.6 is 11.3 Å². The third kappa shape index (κ3) is 4.77. The van der Waals surface area contributed by atoms with Crippen LogP contribution in [0.2, 0.25) is 0 Å². The van der Waals surface area contributed by atoms with Gasteiger partial charge in [0.15, 0.2) is 0 Å². The molecule has 0 N–H and O–H groups in total. The Hall–Kier alpha value is -7.60. The standard InChI is InChI=1S/C54H32N4S/c1-2-15-37(16-3-1)57-47-23-10-7-17-39(47)41-28-29-42-45-32-35(38-20-12-21-43-40-18-8-11-24-49(40)59-53(38)43)27-30-48(45)58(52(42)51(41)57)54-55-46-22-9-6-19-44(46)50(56-54)36-26-25-33-13-4-5-14-34(33)31-36/h1-32H. The second-order valence-corrected chi connectivity index (χ2v) is 16.4. The summed E-state index contributed by atoms with van der Waals surface area (Å²) in [6, 6.07) is 70.1. The molecular formula is C54H32N4S. The van der Waals surface area contributed by atoms with E-state index >= 15 is 0 Å². The summed E-state index contributed by atoms with van der Waals surface area (Å²) in [5, 5.41) is 10.7. The predicted molar refractivity (Wildman–Crippen MR) is 249 cm³/mol. The van der Waals surface area contributed by atoms with Gasteiger partial charge in [-0.1, -0.05) is 146 Å². The molecule has 0 unspecified atom stereocenters. The topological polar surface area (TPSA) is 35.6 Å². The van der Waals surface area contributed by atoms with E-state index in [4.69, 9.17) is 9.97 Å². The Kier molecular flexibility index (Phi) is 6.85. The molecule has 0 atom stereocenters. The first-order valence-electron chi connectivity index (χ1n) is 20.0. The zero-order valence-electron chi connectivity index (χ0n) is 31.7. The van der Waals surface area contributed by atoms with Crippen molar-refractivity contribution in [2.45, 2.75) is 0 Å².